The van der Waals surface area contributed by atoms with Gasteiger partial charge in [-0.05, 0) is 39.0 Å². The second kappa shape index (κ2) is 6.02. The molecule has 0 spiro atoms. The lowest BCUT2D eigenvalue weighted by Gasteiger charge is -2.09. The van der Waals surface area contributed by atoms with E-state index < -0.39 is 0 Å². The largest absolute Gasteiger partial charge is 0.491 e. The van der Waals surface area contributed by atoms with Crippen molar-refractivity contribution in [2.75, 3.05) is 0 Å². The van der Waals surface area contributed by atoms with Gasteiger partial charge >= 0.3 is 0 Å². The first-order chi connectivity index (χ1) is 10.6. The van der Waals surface area contributed by atoms with Crippen LogP contribution in [0.15, 0.2) is 53.1 Å². The van der Waals surface area contributed by atoms with E-state index in [2.05, 4.69) is 10.1 Å². The van der Waals surface area contributed by atoms with Crippen molar-refractivity contribution in [3.63, 3.8) is 0 Å². The van der Waals surface area contributed by atoms with E-state index >= 15 is 0 Å². The fourth-order valence-corrected chi connectivity index (χ4v) is 2.14. The standard InChI is InChI=1S/C18H18N2O2/c1-12(2)21-16-6-4-5-15(11-16)18-19-17(20-22-18)14-9-7-13(3)8-10-14/h4-12H,1-3H3. The third-order valence-electron chi connectivity index (χ3n) is 3.19. The topological polar surface area (TPSA) is 48.2 Å². The van der Waals surface area contributed by atoms with Gasteiger partial charge in [-0.2, -0.15) is 4.98 Å². The molecule has 0 aliphatic carbocycles. The van der Waals surface area contributed by atoms with Crippen LogP contribution in [-0.2, 0) is 0 Å². The molecule has 4 nitrogen and oxygen atoms in total. The molecule has 0 atom stereocenters. The minimum Gasteiger partial charge on any atom is -0.491 e. The number of aromatic nitrogens is 2. The zero-order chi connectivity index (χ0) is 15.5. The molecule has 0 radical (unpaired) electrons. The summed E-state index contributed by atoms with van der Waals surface area (Å²) >= 11 is 0. The van der Waals surface area contributed by atoms with E-state index in [1.165, 1.54) is 5.56 Å². The van der Waals surface area contributed by atoms with Crippen molar-refractivity contribution in [1.82, 2.24) is 10.1 Å². The molecule has 0 amide bonds. The lowest BCUT2D eigenvalue weighted by molar-refractivity contribution is 0.242. The smallest absolute Gasteiger partial charge is 0.258 e. The Bertz CT molecular complexity index is 761. The maximum Gasteiger partial charge on any atom is 0.258 e. The van der Waals surface area contributed by atoms with Crippen molar-refractivity contribution in [1.29, 1.82) is 0 Å². The van der Waals surface area contributed by atoms with Crippen LogP contribution in [0.2, 0.25) is 0 Å². The Labute approximate surface area is 129 Å². The van der Waals surface area contributed by atoms with Gasteiger partial charge in [0.1, 0.15) is 5.75 Å². The summed E-state index contributed by atoms with van der Waals surface area (Å²) in [4.78, 5) is 4.47. The molecule has 0 aliphatic heterocycles. The van der Waals surface area contributed by atoms with Crippen molar-refractivity contribution in [3.8, 4) is 28.6 Å². The third kappa shape index (κ3) is 3.17. The number of hydrogen-bond acceptors (Lipinski definition) is 4. The predicted octanol–water partition coefficient (Wildman–Crippen LogP) is 4.50. The van der Waals surface area contributed by atoms with Crippen LogP contribution in [0.25, 0.3) is 22.8 Å². The molecule has 0 bridgehead atoms. The van der Waals surface area contributed by atoms with E-state index in [1.807, 2.05) is 69.3 Å². The van der Waals surface area contributed by atoms with Gasteiger partial charge in [0.15, 0.2) is 0 Å². The minimum absolute atomic E-state index is 0.126. The SMILES string of the molecule is Cc1ccc(-c2noc(-c3cccc(OC(C)C)c3)n2)cc1. The Hall–Kier alpha value is -2.62. The maximum absolute atomic E-state index is 5.69. The molecule has 1 aromatic heterocycles. The Morgan fingerprint density at radius 3 is 2.50 bits per heavy atom. The molecule has 0 aliphatic rings. The molecule has 0 saturated heterocycles. The maximum atomic E-state index is 5.69. The van der Waals surface area contributed by atoms with Gasteiger partial charge in [-0.25, -0.2) is 0 Å². The summed E-state index contributed by atoms with van der Waals surface area (Å²) in [7, 11) is 0. The molecule has 0 fully saturated rings. The van der Waals surface area contributed by atoms with E-state index in [0.29, 0.717) is 11.7 Å². The van der Waals surface area contributed by atoms with Gasteiger partial charge in [0.25, 0.3) is 5.89 Å². The summed E-state index contributed by atoms with van der Waals surface area (Å²) in [6, 6.07) is 15.7. The molecule has 112 valence electrons. The number of benzene rings is 2. The summed E-state index contributed by atoms with van der Waals surface area (Å²) in [5.74, 6) is 1.87. The van der Waals surface area contributed by atoms with E-state index in [0.717, 1.165) is 16.9 Å². The second-order valence-corrected chi connectivity index (χ2v) is 5.48. The summed E-state index contributed by atoms with van der Waals surface area (Å²) in [5, 5.41) is 4.06. The van der Waals surface area contributed by atoms with Crippen LogP contribution in [0.5, 0.6) is 5.75 Å². The van der Waals surface area contributed by atoms with Gasteiger partial charge in [-0.3, -0.25) is 0 Å². The second-order valence-electron chi connectivity index (χ2n) is 5.48. The first kappa shape index (κ1) is 14.3. The average molecular weight is 294 g/mol. The number of rotatable bonds is 4. The molecular weight excluding hydrogens is 276 g/mol. The lowest BCUT2D eigenvalue weighted by atomic mass is 10.1. The van der Waals surface area contributed by atoms with E-state index in [9.17, 15) is 0 Å². The highest BCUT2D eigenvalue weighted by molar-refractivity contribution is 5.61. The van der Waals surface area contributed by atoms with E-state index in [1.54, 1.807) is 0 Å². The fourth-order valence-electron chi connectivity index (χ4n) is 2.14. The van der Waals surface area contributed by atoms with Crippen LogP contribution in [-0.4, -0.2) is 16.2 Å². The highest BCUT2D eigenvalue weighted by Gasteiger charge is 2.11. The van der Waals surface area contributed by atoms with Gasteiger partial charge in [0.2, 0.25) is 5.82 Å². The van der Waals surface area contributed by atoms with Gasteiger partial charge in [-0.15, -0.1) is 0 Å². The highest BCUT2D eigenvalue weighted by Crippen LogP contribution is 2.25. The fraction of sp³-hybridized carbons (Fsp3) is 0.222. The Kier molecular flexibility index (Phi) is 3.92. The van der Waals surface area contributed by atoms with E-state index in [4.69, 9.17) is 9.26 Å². The summed E-state index contributed by atoms with van der Waals surface area (Å²) in [6.45, 7) is 6.04. The van der Waals surface area contributed by atoms with E-state index in [-0.39, 0.29) is 6.10 Å². The van der Waals surface area contributed by atoms with Crippen molar-refractivity contribution < 1.29 is 9.26 Å². The first-order valence-electron chi connectivity index (χ1n) is 7.29. The van der Waals surface area contributed by atoms with Gasteiger partial charge in [-0.1, -0.05) is 41.1 Å². The Morgan fingerprint density at radius 2 is 1.77 bits per heavy atom. The number of nitrogens with zero attached hydrogens (tertiary/aromatic N) is 2. The van der Waals surface area contributed by atoms with Crippen LogP contribution in [0, 0.1) is 6.92 Å². The molecule has 22 heavy (non-hydrogen) atoms. The third-order valence-corrected chi connectivity index (χ3v) is 3.19. The number of aryl methyl sites for hydroxylation is 1. The molecule has 4 heteroatoms. The van der Waals surface area contributed by atoms with Gasteiger partial charge in [0.05, 0.1) is 6.10 Å². The van der Waals surface area contributed by atoms with Crippen molar-refractivity contribution in [2.24, 2.45) is 0 Å². The summed E-state index contributed by atoms with van der Waals surface area (Å²) in [5.41, 5.74) is 2.99. The predicted molar refractivity (Wildman–Crippen MR) is 85.7 cm³/mol. The first-order valence-corrected chi connectivity index (χ1v) is 7.29. The normalized spacial score (nSPS) is 10.9. The van der Waals surface area contributed by atoms with Crippen LogP contribution < -0.4 is 4.74 Å². The average Bonchev–Trinajstić information content (AvgIpc) is 2.97. The summed E-state index contributed by atoms with van der Waals surface area (Å²) in [6.07, 6.45) is 0.126. The van der Waals surface area contributed by atoms with Crippen molar-refractivity contribution >= 4 is 0 Å². The molecule has 0 saturated carbocycles. The van der Waals surface area contributed by atoms with Crippen molar-refractivity contribution in [2.45, 2.75) is 26.9 Å². The molecule has 1 heterocycles. The zero-order valence-electron chi connectivity index (χ0n) is 12.9. The molecule has 3 aromatic rings. The number of ether oxygens (including phenoxy) is 1. The van der Waals surface area contributed by atoms with Gasteiger partial charge in [0, 0.05) is 11.1 Å². The van der Waals surface area contributed by atoms with Crippen LogP contribution in [0.1, 0.15) is 19.4 Å². The van der Waals surface area contributed by atoms with Crippen molar-refractivity contribution in [3.05, 3.63) is 54.1 Å². The quantitative estimate of drug-likeness (QED) is 0.711. The molecule has 3 rings (SSSR count). The lowest BCUT2D eigenvalue weighted by Crippen LogP contribution is -2.05. The Morgan fingerprint density at radius 1 is 1.00 bits per heavy atom. The highest BCUT2D eigenvalue weighted by atomic mass is 16.5. The molecule has 2 aromatic carbocycles. The van der Waals surface area contributed by atoms with Gasteiger partial charge < -0.3 is 9.26 Å². The summed E-state index contributed by atoms with van der Waals surface area (Å²) < 4.78 is 11.1. The molecular formula is C18H18N2O2. The molecule has 0 N–H and O–H groups in total. The van der Waals surface area contributed by atoms with Crippen LogP contribution >= 0.6 is 0 Å². The number of hydrogen-bond donors (Lipinski definition) is 0. The van der Waals surface area contributed by atoms with Crippen LogP contribution in [0.4, 0.5) is 0 Å². The van der Waals surface area contributed by atoms with Crippen LogP contribution in [0.3, 0.4) is 0 Å². The minimum atomic E-state index is 0.126. The Balaban J connectivity index is 1.89. The zero-order valence-corrected chi connectivity index (χ0v) is 12.9. The monoisotopic (exact) mass is 294 g/mol. The molecule has 0 unspecified atom stereocenters.